The maximum Gasteiger partial charge on any atom is 0.416 e. The van der Waals surface area contributed by atoms with Crippen LogP contribution in [0.25, 0.3) is 11.0 Å². The molecule has 200 valence electrons. The van der Waals surface area contributed by atoms with Gasteiger partial charge < -0.3 is 25.7 Å². The highest BCUT2D eigenvalue weighted by Gasteiger charge is 2.35. The molecule has 9 nitrogen and oxygen atoms in total. The fraction of sp³-hybridized carbons (Fsp3) is 0.280. The van der Waals surface area contributed by atoms with Crippen LogP contribution in [0.15, 0.2) is 53.7 Å². The van der Waals surface area contributed by atoms with E-state index in [2.05, 4.69) is 20.6 Å². The Bertz CT molecular complexity index is 1460. The van der Waals surface area contributed by atoms with E-state index in [1.807, 2.05) is 0 Å². The van der Waals surface area contributed by atoms with Crippen molar-refractivity contribution in [1.82, 2.24) is 14.9 Å². The Balaban J connectivity index is 1.62. The summed E-state index contributed by atoms with van der Waals surface area (Å²) in [5.41, 5.74) is 4.13. The zero-order valence-electron chi connectivity index (χ0n) is 20.4. The summed E-state index contributed by atoms with van der Waals surface area (Å²) < 4.78 is 61.4. The highest BCUT2D eigenvalue weighted by atomic mass is 19.4. The second-order valence-electron chi connectivity index (χ2n) is 8.79. The first-order chi connectivity index (χ1) is 17.9. The number of aryl methyl sites for hydroxylation is 1. The van der Waals surface area contributed by atoms with Crippen molar-refractivity contribution >= 4 is 40.2 Å². The van der Waals surface area contributed by atoms with E-state index in [4.69, 9.17) is 10.5 Å². The van der Waals surface area contributed by atoms with Gasteiger partial charge in [-0.2, -0.15) is 13.2 Å². The number of aliphatic imine (C=N–C) groups is 1. The van der Waals surface area contributed by atoms with Gasteiger partial charge in [0.1, 0.15) is 22.9 Å². The lowest BCUT2D eigenvalue weighted by Crippen LogP contribution is -2.44. The number of hydrogen-bond acceptors (Lipinski definition) is 6. The number of anilines is 2. The SMILES string of the molecule is CC(=O)NCCC1(Oc2ccc3c(c2)nc(Nc2cc(C(F)(F)F)ccc2F)n3C)C=CN=C(C(N)=O)C1. The molecule has 1 aliphatic rings. The number of carbonyl (C=O) groups is 2. The molecule has 0 spiro atoms. The van der Waals surface area contributed by atoms with Crippen LogP contribution in [-0.2, 0) is 22.8 Å². The minimum atomic E-state index is -4.63. The number of nitrogens with two attached hydrogens (primary N) is 1. The molecular weight excluding hydrogens is 508 g/mol. The summed E-state index contributed by atoms with van der Waals surface area (Å²) >= 11 is 0. The first-order valence-corrected chi connectivity index (χ1v) is 11.4. The number of benzene rings is 2. The third kappa shape index (κ3) is 5.76. The van der Waals surface area contributed by atoms with Gasteiger partial charge in [-0.3, -0.25) is 14.6 Å². The van der Waals surface area contributed by atoms with Crippen LogP contribution >= 0.6 is 0 Å². The molecule has 0 saturated carbocycles. The van der Waals surface area contributed by atoms with E-state index < -0.39 is 29.1 Å². The molecule has 0 bridgehead atoms. The molecule has 0 fully saturated rings. The highest BCUT2D eigenvalue weighted by molar-refractivity contribution is 6.38. The van der Waals surface area contributed by atoms with Gasteiger partial charge in [-0.15, -0.1) is 0 Å². The molecule has 1 aliphatic heterocycles. The van der Waals surface area contributed by atoms with Crippen molar-refractivity contribution in [3.8, 4) is 5.75 Å². The smallest absolute Gasteiger partial charge is 0.416 e. The topological polar surface area (TPSA) is 124 Å². The van der Waals surface area contributed by atoms with E-state index in [0.717, 1.165) is 6.07 Å². The quantitative estimate of drug-likeness (QED) is 0.379. The molecule has 0 saturated heterocycles. The number of aromatic nitrogens is 2. The summed E-state index contributed by atoms with van der Waals surface area (Å²) in [6, 6.07) is 7.02. The summed E-state index contributed by atoms with van der Waals surface area (Å²) in [5, 5.41) is 5.32. The standard InChI is InChI=1S/C25H24F4N6O3/c1-14(36)31-9-7-24(8-10-32-20(13-24)22(30)37)38-16-4-6-21-19(12-16)34-23(35(21)2)33-18-11-15(25(27,28)29)3-5-17(18)26/h3-6,8,10-12H,7,9,13H2,1-2H3,(H2,30,37)(H,31,36)(H,33,34). The van der Waals surface area contributed by atoms with Crippen molar-refractivity contribution in [1.29, 1.82) is 0 Å². The van der Waals surface area contributed by atoms with Crippen LogP contribution < -0.4 is 21.1 Å². The zero-order chi connectivity index (χ0) is 27.7. The molecule has 38 heavy (non-hydrogen) atoms. The van der Waals surface area contributed by atoms with Crippen molar-refractivity contribution in [3.05, 3.63) is 60.1 Å². The van der Waals surface area contributed by atoms with E-state index in [-0.39, 0.29) is 36.2 Å². The number of fused-ring (bicyclic) bond motifs is 1. The van der Waals surface area contributed by atoms with Gasteiger partial charge in [0, 0.05) is 45.6 Å². The van der Waals surface area contributed by atoms with E-state index in [0.29, 0.717) is 35.3 Å². The third-order valence-corrected chi connectivity index (χ3v) is 6.00. The Morgan fingerprint density at radius 3 is 2.66 bits per heavy atom. The number of amides is 2. The van der Waals surface area contributed by atoms with Crippen LogP contribution in [0, 0.1) is 5.82 Å². The molecular formula is C25H24F4N6O3. The molecule has 2 aromatic carbocycles. The van der Waals surface area contributed by atoms with Gasteiger partial charge in [-0.25, -0.2) is 9.37 Å². The number of imidazole rings is 1. The first-order valence-electron chi connectivity index (χ1n) is 11.4. The van der Waals surface area contributed by atoms with Crippen molar-refractivity contribution in [3.63, 3.8) is 0 Å². The Labute approximate surface area is 214 Å². The van der Waals surface area contributed by atoms with Crippen LogP contribution in [0.4, 0.5) is 29.2 Å². The predicted octanol–water partition coefficient (Wildman–Crippen LogP) is 3.96. The van der Waals surface area contributed by atoms with E-state index in [1.165, 1.54) is 13.1 Å². The molecule has 0 aliphatic carbocycles. The lowest BCUT2D eigenvalue weighted by Gasteiger charge is -2.33. The zero-order valence-corrected chi connectivity index (χ0v) is 20.4. The summed E-state index contributed by atoms with van der Waals surface area (Å²) in [7, 11) is 1.62. The van der Waals surface area contributed by atoms with Crippen LogP contribution in [0.3, 0.4) is 0 Å². The first kappa shape index (κ1) is 26.6. The minimum absolute atomic E-state index is 0.0697. The second-order valence-corrected chi connectivity index (χ2v) is 8.79. The van der Waals surface area contributed by atoms with E-state index in [1.54, 1.807) is 35.9 Å². The molecule has 4 N–H and O–H groups in total. The number of halogens is 4. The molecule has 0 radical (unpaired) electrons. The van der Waals surface area contributed by atoms with Crippen molar-refractivity contribution in [2.75, 3.05) is 11.9 Å². The third-order valence-electron chi connectivity index (χ3n) is 6.00. The normalized spacial score (nSPS) is 17.3. The molecule has 1 unspecified atom stereocenters. The lowest BCUT2D eigenvalue weighted by molar-refractivity contribution is -0.137. The number of nitrogens with one attached hydrogen (secondary N) is 2. The Hall–Kier alpha value is -4.42. The summed E-state index contributed by atoms with van der Waals surface area (Å²) in [6.07, 6.45) is -1.17. The van der Waals surface area contributed by atoms with Crippen LogP contribution in [0.1, 0.15) is 25.3 Å². The van der Waals surface area contributed by atoms with Gasteiger partial charge >= 0.3 is 6.18 Å². The van der Waals surface area contributed by atoms with Gasteiger partial charge in [-0.05, 0) is 36.4 Å². The predicted molar refractivity (Wildman–Crippen MR) is 132 cm³/mol. The summed E-state index contributed by atoms with van der Waals surface area (Å²) in [4.78, 5) is 31.5. The van der Waals surface area contributed by atoms with Gasteiger partial charge in [-0.1, -0.05) is 0 Å². The molecule has 1 atom stereocenters. The summed E-state index contributed by atoms with van der Waals surface area (Å²) in [6.45, 7) is 1.64. The molecule has 1 aromatic heterocycles. The number of carbonyl (C=O) groups excluding carboxylic acids is 2. The minimum Gasteiger partial charge on any atom is -0.483 e. The molecule has 3 aromatic rings. The number of nitrogens with zero attached hydrogens (tertiary/aromatic N) is 3. The fourth-order valence-corrected chi connectivity index (χ4v) is 4.05. The van der Waals surface area contributed by atoms with Crippen LogP contribution in [-0.4, -0.2) is 39.2 Å². The summed E-state index contributed by atoms with van der Waals surface area (Å²) in [5.74, 6) is -1.32. The van der Waals surface area contributed by atoms with Crippen LogP contribution in [0.5, 0.6) is 5.75 Å². The molecule has 2 heterocycles. The monoisotopic (exact) mass is 532 g/mol. The molecule has 13 heteroatoms. The average Bonchev–Trinajstić information content (AvgIpc) is 3.14. The lowest BCUT2D eigenvalue weighted by atomic mass is 9.90. The number of alkyl halides is 3. The van der Waals surface area contributed by atoms with Crippen LogP contribution in [0.2, 0.25) is 0 Å². The van der Waals surface area contributed by atoms with Crippen molar-refractivity contribution < 1.29 is 31.9 Å². The number of hydrogen-bond donors (Lipinski definition) is 3. The Morgan fingerprint density at radius 2 is 1.97 bits per heavy atom. The largest absolute Gasteiger partial charge is 0.483 e. The molecule has 2 amide bonds. The van der Waals surface area contributed by atoms with Crippen molar-refractivity contribution in [2.45, 2.75) is 31.5 Å². The second kappa shape index (κ2) is 10.1. The van der Waals surface area contributed by atoms with Gasteiger partial charge in [0.2, 0.25) is 11.9 Å². The van der Waals surface area contributed by atoms with E-state index in [9.17, 15) is 27.2 Å². The fourth-order valence-electron chi connectivity index (χ4n) is 4.05. The highest BCUT2D eigenvalue weighted by Crippen LogP contribution is 2.34. The average molecular weight is 532 g/mol. The molecule has 4 rings (SSSR count). The Morgan fingerprint density at radius 1 is 1.21 bits per heavy atom. The maximum atomic E-state index is 14.3. The van der Waals surface area contributed by atoms with E-state index >= 15 is 0 Å². The number of primary amides is 1. The maximum absolute atomic E-state index is 14.3. The van der Waals surface area contributed by atoms with Gasteiger partial charge in [0.25, 0.3) is 5.91 Å². The van der Waals surface area contributed by atoms with Crippen molar-refractivity contribution in [2.24, 2.45) is 17.8 Å². The van der Waals surface area contributed by atoms with Gasteiger partial charge in [0.15, 0.2) is 0 Å². The Kier molecular flexibility index (Phi) is 7.11. The number of rotatable bonds is 8. The number of ether oxygens (including phenoxy) is 1. The van der Waals surface area contributed by atoms with Gasteiger partial charge in [0.05, 0.1) is 22.3 Å².